The Bertz CT molecular complexity index is 274. The molecule has 0 radical (unpaired) electrons. The van der Waals surface area contributed by atoms with Gasteiger partial charge in [-0.2, -0.15) is 0 Å². The second-order valence-electron chi connectivity index (χ2n) is 4.49. The highest BCUT2D eigenvalue weighted by atomic mass is 16.2. The summed E-state index contributed by atoms with van der Waals surface area (Å²) < 4.78 is 0. The van der Waals surface area contributed by atoms with E-state index in [1.165, 1.54) is 0 Å². The Morgan fingerprint density at radius 1 is 1.56 bits per heavy atom. The highest BCUT2D eigenvalue weighted by Crippen LogP contribution is 2.31. The van der Waals surface area contributed by atoms with Gasteiger partial charge in [-0.25, -0.2) is 0 Å². The van der Waals surface area contributed by atoms with Gasteiger partial charge >= 0.3 is 0 Å². The van der Waals surface area contributed by atoms with Gasteiger partial charge in [0.05, 0.1) is 12.0 Å². The predicted octanol–water partition coefficient (Wildman–Crippen LogP) is 1.25. The molecule has 1 aliphatic rings. The number of terminal acetylenes is 1. The first kappa shape index (κ1) is 13.1. The third kappa shape index (κ3) is 2.56. The zero-order valence-electron chi connectivity index (χ0n) is 10.4. The Labute approximate surface area is 98.6 Å². The van der Waals surface area contributed by atoms with Crippen LogP contribution in [-0.2, 0) is 4.79 Å². The molecule has 0 aromatic rings. The van der Waals surface area contributed by atoms with Crippen molar-refractivity contribution in [3.05, 3.63) is 0 Å². The minimum atomic E-state index is -0.202. The molecule has 0 bridgehead atoms. The highest BCUT2D eigenvalue weighted by molar-refractivity contribution is 5.83. The fourth-order valence-electron chi connectivity index (χ4n) is 2.35. The summed E-state index contributed by atoms with van der Waals surface area (Å²) in [4.78, 5) is 14.3. The molecule has 1 saturated heterocycles. The third-order valence-electron chi connectivity index (χ3n) is 3.44. The Balaban J connectivity index is 2.75. The molecule has 1 unspecified atom stereocenters. The van der Waals surface area contributed by atoms with Crippen LogP contribution >= 0.6 is 0 Å². The molecule has 3 heteroatoms. The molecule has 1 atom stereocenters. The van der Waals surface area contributed by atoms with Crippen LogP contribution < -0.4 is 5.32 Å². The van der Waals surface area contributed by atoms with Crippen LogP contribution in [0.25, 0.3) is 0 Å². The van der Waals surface area contributed by atoms with Gasteiger partial charge in [0.15, 0.2) is 0 Å². The van der Waals surface area contributed by atoms with Crippen molar-refractivity contribution in [2.45, 2.75) is 33.1 Å². The maximum atomic E-state index is 12.5. The molecule has 90 valence electrons. The zero-order valence-corrected chi connectivity index (χ0v) is 10.4. The molecule has 0 aromatic heterocycles. The van der Waals surface area contributed by atoms with E-state index in [-0.39, 0.29) is 11.3 Å². The van der Waals surface area contributed by atoms with Crippen LogP contribution in [0.5, 0.6) is 0 Å². The molecule has 1 aliphatic heterocycles. The molecule has 1 fully saturated rings. The van der Waals surface area contributed by atoms with Gasteiger partial charge in [0.2, 0.25) is 5.91 Å². The van der Waals surface area contributed by atoms with Gasteiger partial charge < -0.3 is 10.2 Å². The van der Waals surface area contributed by atoms with Crippen LogP contribution in [0, 0.1) is 17.8 Å². The van der Waals surface area contributed by atoms with Gasteiger partial charge in [0.1, 0.15) is 0 Å². The van der Waals surface area contributed by atoms with Crippen LogP contribution in [0.4, 0.5) is 0 Å². The van der Waals surface area contributed by atoms with Crippen LogP contribution in [0.2, 0.25) is 0 Å². The van der Waals surface area contributed by atoms with Gasteiger partial charge in [0, 0.05) is 13.1 Å². The molecular weight excluding hydrogens is 200 g/mol. The smallest absolute Gasteiger partial charge is 0.230 e. The summed E-state index contributed by atoms with van der Waals surface area (Å²) in [5, 5.41) is 3.28. The van der Waals surface area contributed by atoms with Crippen molar-refractivity contribution in [1.82, 2.24) is 10.2 Å². The molecular formula is C13H22N2O. The molecule has 3 nitrogen and oxygen atoms in total. The monoisotopic (exact) mass is 222 g/mol. The Kier molecular flexibility index (Phi) is 4.82. The maximum Gasteiger partial charge on any atom is 0.230 e. The second-order valence-corrected chi connectivity index (χ2v) is 4.49. The third-order valence-corrected chi connectivity index (χ3v) is 3.44. The van der Waals surface area contributed by atoms with Crippen LogP contribution in [0.3, 0.4) is 0 Å². The minimum Gasteiger partial charge on any atom is -0.331 e. The van der Waals surface area contributed by atoms with E-state index in [4.69, 9.17) is 6.42 Å². The Hall–Kier alpha value is -1.01. The summed E-state index contributed by atoms with van der Waals surface area (Å²) in [5.74, 6) is 2.82. The quantitative estimate of drug-likeness (QED) is 0.710. The lowest BCUT2D eigenvalue weighted by atomic mass is 9.82. The van der Waals surface area contributed by atoms with Gasteiger partial charge in [0.25, 0.3) is 0 Å². The first-order chi connectivity index (χ1) is 7.70. The summed E-state index contributed by atoms with van der Waals surface area (Å²) in [5.41, 5.74) is -0.202. The molecule has 1 rings (SSSR count). The highest BCUT2D eigenvalue weighted by Gasteiger charge is 2.41. The summed E-state index contributed by atoms with van der Waals surface area (Å²) >= 11 is 0. The van der Waals surface area contributed by atoms with E-state index in [1.807, 2.05) is 4.90 Å². The fourth-order valence-corrected chi connectivity index (χ4v) is 2.35. The van der Waals surface area contributed by atoms with E-state index in [1.54, 1.807) is 0 Å². The topological polar surface area (TPSA) is 32.3 Å². The molecule has 0 spiro atoms. The predicted molar refractivity (Wildman–Crippen MR) is 65.9 cm³/mol. The summed E-state index contributed by atoms with van der Waals surface area (Å²) in [7, 11) is 0. The van der Waals surface area contributed by atoms with E-state index in [0.29, 0.717) is 6.54 Å². The van der Waals surface area contributed by atoms with Gasteiger partial charge in [-0.15, -0.1) is 6.42 Å². The number of carbonyl (C=O) groups excluding carboxylic acids is 1. The van der Waals surface area contributed by atoms with Crippen molar-refractivity contribution >= 4 is 5.91 Å². The average molecular weight is 222 g/mol. The van der Waals surface area contributed by atoms with Crippen molar-refractivity contribution in [3.8, 4) is 12.3 Å². The van der Waals surface area contributed by atoms with Crippen LogP contribution in [0.15, 0.2) is 0 Å². The SMILES string of the molecule is C#CCN(CCC)C(=O)C1(CC)CCNC1. The number of nitrogens with one attached hydrogen (secondary N) is 1. The van der Waals surface area contributed by atoms with E-state index in [0.717, 1.165) is 38.9 Å². The lowest BCUT2D eigenvalue weighted by Gasteiger charge is -2.32. The van der Waals surface area contributed by atoms with Crippen molar-refractivity contribution in [2.24, 2.45) is 5.41 Å². The molecule has 16 heavy (non-hydrogen) atoms. The van der Waals surface area contributed by atoms with Crippen LogP contribution in [0.1, 0.15) is 33.1 Å². The Morgan fingerprint density at radius 3 is 2.75 bits per heavy atom. The summed E-state index contributed by atoms with van der Waals surface area (Å²) in [6.45, 7) is 7.11. The average Bonchev–Trinajstić information content (AvgIpc) is 2.77. The lowest BCUT2D eigenvalue weighted by molar-refractivity contribution is -0.140. The maximum absolute atomic E-state index is 12.5. The summed E-state index contributed by atoms with van der Waals surface area (Å²) in [6, 6.07) is 0. The van der Waals surface area contributed by atoms with Crippen molar-refractivity contribution in [1.29, 1.82) is 0 Å². The molecule has 1 heterocycles. The first-order valence-electron chi connectivity index (χ1n) is 6.13. The standard InChI is InChI=1S/C13H22N2O/c1-4-9-15(10-5-2)12(16)13(6-3)7-8-14-11-13/h1,14H,5-11H2,2-3H3. The van der Waals surface area contributed by atoms with E-state index in [2.05, 4.69) is 25.1 Å². The normalized spacial score (nSPS) is 24.1. The van der Waals surface area contributed by atoms with Gasteiger partial charge in [-0.05, 0) is 25.8 Å². The van der Waals surface area contributed by atoms with Crippen molar-refractivity contribution in [3.63, 3.8) is 0 Å². The zero-order chi connectivity index (χ0) is 12.0. The number of nitrogens with zero attached hydrogens (tertiary/aromatic N) is 1. The number of amides is 1. The second kappa shape index (κ2) is 5.91. The van der Waals surface area contributed by atoms with Gasteiger partial charge in [-0.1, -0.05) is 19.8 Å². The van der Waals surface area contributed by atoms with E-state index in [9.17, 15) is 4.79 Å². The number of hydrogen-bond acceptors (Lipinski definition) is 2. The van der Waals surface area contributed by atoms with Crippen LogP contribution in [-0.4, -0.2) is 37.0 Å². The van der Waals surface area contributed by atoms with Crippen molar-refractivity contribution in [2.75, 3.05) is 26.2 Å². The van der Waals surface area contributed by atoms with E-state index < -0.39 is 0 Å². The Morgan fingerprint density at radius 2 is 2.31 bits per heavy atom. The molecule has 1 N–H and O–H groups in total. The first-order valence-corrected chi connectivity index (χ1v) is 6.13. The fraction of sp³-hybridized carbons (Fsp3) is 0.769. The van der Waals surface area contributed by atoms with Crippen molar-refractivity contribution < 1.29 is 4.79 Å². The van der Waals surface area contributed by atoms with Gasteiger partial charge in [-0.3, -0.25) is 4.79 Å². The molecule has 0 aromatic carbocycles. The minimum absolute atomic E-state index is 0.202. The van der Waals surface area contributed by atoms with E-state index >= 15 is 0 Å². The summed E-state index contributed by atoms with van der Waals surface area (Å²) in [6.07, 6.45) is 8.11. The number of rotatable bonds is 5. The molecule has 0 aliphatic carbocycles. The molecule has 1 amide bonds. The number of hydrogen-bond donors (Lipinski definition) is 1. The largest absolute Gasteiger partial charge is 0.331 e. The molecule has 0 saturated carbocycles. The number of carbonyl (C=O) groups is 1. The lowest BCUT2D eigenvalue weighted by Crippen LogP contribution is -2.45.